The van der Waals surface area contributed by atoms with Crippen LogP contribution < -0.4 is 0 Å². The zero-order chi connectivity index (χ0) is 32.8. The minimum Gasteiger partial charge on any atom is -0.314 e. The third kappa shape index (κ3) is 3.85. The summed E-state index contributed by atoms with van der Waals surface area (Å²) in [5, 5.41) is 11.6. The van der Waals surface area contributed by atoms with Crippen LogP contribution in [0, 0.1) is 0 Å². The molecule has 11 rings (SSSR count). The summed E-state index contributed by atoms with van der Waals surface area (Å²) in [6.45, 7) is 0. The second-order valence-electron chi connectivity index (χ2n) is 13.3. The largest absolute Gasteiger partial charge is 0.314 e. The molecule has 2 heterocycles. The molecule has 0 saturated carbocycles. The highest BCUT2D eigenvalue weighted by atomic mass is 15.0. The van der Waals surface area contributed by atoms with Gasteiger partial charge in [-0.05, 0) is 79.3 Å². The second-order valence-corrected chi connectivity index (χ2v) is 13.3. The van der Waals surface area contributed by atoms with Gasteiger partial charge in [0.25, 0.3) is 0 Å². The van der Waals surface area contributed by atoms with E-state index in [1.165, 1.54) is 87.3 Å². The smallest absolute Gasteiger partial charge is 0.0788 e. The van der Waals surface area contributed by atoms with Crippen LogP contribution in [0.25, 0.3) is 98.7 Å². The van der Waals surface area contributed by atoms with Crippen molar-refractivity contribution in [3.8, 4) is 33.6 Å². The Hall–Kier alpha value is -6.64. The monoisotopic (exact) mass is 634 g/mol. The van der Waals surface area contributed by atoms with Crippen LogP contribution >= 0.6 is 0 Å². The quantitative estimate of drug-likeness (QED) is 0.171. The fourth-order valence-electron chi connectivity index (χ4n) is 8.45. The predicted molar refractivity (Wildman–Crippen MR) is 212 cm³/mol. The first-order valence-corrected chi connectivity index (χ1v) is 17.3. The van der Waals surface area contributed by atoms with E-state index in [1.54, 1.807) is 0 Å². The van der Waals surface area contributed by atoms with Crippen LogP contribution in [0.3, 0.4) is 0 Å². The van der Waals surface area contributed by atoms with Crippen molar-refractivity contribution in [1.29, 1.82) is 0 Å². The van der Waals surface area contributed by atoms with Gasteiger partial charge < -0.3 is 9.13 Å². The zero-order valence-corrected chi connectivity index (χ0v) is 27.2. The van der Waals surface area contributed by atoms with E-state index in [2.05, 4.69) is 191 Å². The molecule has 50 heavy (non-hydrogen) atoms. The summed E-state index contributed by atoms with van der Waals surface area (Å²) in [6, 6.07) is 64.4. The van der Waals surface area contributed by atoms with E-state index in [9.17, 15) is 0 Å². The van der Waals surface area contributed by atoms with Crippen molar-refractivity contribution in [3.63, 3.8) is 0 Å². The summed E-state index contributed by atoms with van der Waals surface area (Å²) in [4.78, 5) is 0. The third-order valence-corrected chi connectivity index (χ3v) is 10.7. The van der Waals surface area contributed by atoms with Gasteiger partial charge in [0.2, 0.25) is 0 Å². The summed E-state index contributed by atoms with van der Waals surface area (Å²) < 4.78 is 4.85. The van der Waals surface area contributed by atoms with Crippen molar-refractivity contribution >= 4 is 65.0 Å². The fraction of sp³-hybridized carbons (Fsp3) is 0. The summed E-state index contributed by atoms with van der Waals surface area (Å²) in [7, 11) is 0. The molecule has 0 aliphatic carbocycles. The van der Waals surface area contributed by atoms with Crippen molar-refractivity contribution < 1.29 is 0 Å². The van der Waals surface area contributed by atoms with Crippen LogP contribution in [0.1, 0.15) is 0 Å². The first kappa shape index (κ1) is 27.3. The average molecular weight is 635 g/mol. The molecule has 0 amide bonds. The standard InChI is InChI=1S/C48H30N2/c1-3-10-31(11-4-1)43-30-49(36-14-5-2-6-15-36)47-42(43)29-28-41-39-16-7-8-17-44(39)50(48(41)47)37-24-20-32(21-25-37)38-26-22-35-19-18-33-12-9-13-34-23-27-40(38)46(35)45(33)34/h1-30H. The first-order valence-electron chi connectivity index (χ1n) is 17.3. The molecule has 2 heteroatoms. The maximum atomic E-state index is 2.47. The van der Waals surface area contributed by atoms with E-state index in [1.807, 2.05) is 0 Å². The van der Waals surface area contributed by atoms with E-state index < -0.39 is 0 Å². The Morgan fingerprint density at radius 1 is 0.320 bits per heavy atom. The topological polar surface area (TPSA) is 9.86 Å². The fourth-order valence-corrected chi connectivity index (χ4v) is 8.45. The molecule has 0 fully saturated rings. The maximum absolute atomic E-state index is 2.47. The average Bonchev–Trinajstić information content (AvgIpc) is 3.74. The highest BCUT2D eigenvalue weighted by molar-refractivity contribution is 6.25. The number of aromatic nitrogens is 2. The van der Waals surface area contributed by atoms with Gasteiger partial charge in [-0.15, -0.1) is 0 Å². The summed E-state index contributed by atoms with van der Waals surface area (Å²) in [5.41, 5.74) is 10.8. The van der Waals surface area contributed by atoms with Crippen molar-refractivity contribution in [2.45, 2.75) is 0 Å². The Morgan fingerprint density at radius 2 is 0.940 bits per heavy atom. The summed E-state index contributed by atoms with van der Waals surface area (Å²) >= 11 is 0. The van der Waals surface area contributed by atoms with Crippen LogP contribution in [0.5, 0.6) is 0 Å². The van der Waals surface area contributed by atoms with E-state index in [4.69, 9.17) is 0 Å². The number of hydrogen-bond acceptors (Lipinski definition) is 0. The molecule has 0 bridgehead atoms. The highest BCUT2D eigenvalue weighted by Crippen LogP contribution is 2.43. The highest BCUT2D eigenvalue weighted by Gasteiger charge is 2.21. The van der Waals surface area contributed by atoms with E-state index in [0.29, 0.717) is 0 Å². The Kier molecular flexibility index (Phi) is 5.70. The molecule has 0 aliphatic heterocycles. The van der Waals surface area contributed by atoms with E-state index in [-0.39, 0.29) is 0 Å². The molecule has 9 aromatic carbocycles. The van der Waals surface area contributed by atoms with Crippen molar-refractivity contribution in [2.24, 2.45) is 0 Å². The van der Waals surface area contributed by atoms with Crippen LogP contribution in [-0.4, -0.2) is 9.13 Å². The third-order valence-electron chi connectivity index (χ3n) is 10.7. The number of fused-ring (bicyclic) bond motifs is 5. The van der Waals surface area contributed by atoms with Gasteiger partial charge in [-0.2, -0.15) is 0 Å². The van der Waals surface area contributed by atoms with Gasteiger partial charge >= 0.3 is 0 Å². The minimum absolute atomic E-state index is 1.15. The molecule has 0 spiro atoms. The van der Waals surface area contributed by atoms with Crippen LogP contribution in [0.2, 0.25) is 0 Å². The van der Waals surface area contributed by atoms with E-state index >= 15 is 0 Å². The van der Waals surface area contributed by atoms with Gasteiger partial charge in [0.05, 0.1) is 16.6 Å². The Balaban J connectivity index is 1.17. The summed E-state index contributed by atoms with van der Waals surface area (Å²) in [5.74, 6) is 0. The van der Waals surface area contributed by atoms with Crippen molar-refractivity contribution in [3.05, 3.63) is 182 Å². The molecule has 232 valence electrons. The Morgan fingerprint density at radius 3 is 1.74 bits per heavy atom. The summed E-state index contributed by atoms with van der Waals surface area (Å²) in [6.07, 6.45) is 2.31. The number of para-hydroxylation sites is 2. The molecule has 0 aliphatic rings. The van der Waals surface area contributed by atoms with Gasteiger partial charge in [-0.3, -0.25) is 0 Å². The van der Waals surface area contributed by atoms with Crippen molar-refractivity contribution in [2.75, 3.05) is 0 Å². The van der Waals surface area contributed by atoms with Gasteiger partial charge in [0, 0.05) is 39.3 Å². The lowest BCUT2D eigenvalue weighted by Gasteiger charge is -2.15. The number of hydrogen-bond donors (Lipinski definition) is 0. The predicted octanol–water partition coefficient (Wildman–Crippen LogP) is 13.0. The molecular formula is C48H30N2. The first-order chi connectivity index (χ1) is 24.8. The van der Waals surface area contributed by atoms with Crippen LogP contribution in [0.15, 0.2) is 182 Å². The maximum Gasteiger partial charge on any atom is 0.0788 e. The molecule has 0 radical (unpaired) electrons. The molecule has 11 aromatic rings. The molecule has 0 unspecified atom stereocenters. The normalized spacial score (nSPS) is 12.0. The number of benzene rings is 9. The SMILES string of the molecule is c1ccc(-c2cn(-c3ccccc3)c3c2ccc2c4ccccc4n(-c4ccc(-c5ccc6ccc7cccc8ccc5c6c78)cc4)c23)cc1. The van der Waals surface area contributed by atoms with Gasteiger partial charge in [-0.25, -0.2) is 0 Å². The molecule has 0 atom stereocenters. The Bertz CT molecular complexity index is 3040. The number of nitrogens with zero attached hydrogens (tertiary/aromatic N) is 2. The molecule has 2 nitrogen and oxygen atoms in total. The second kappa shape index (κ2) is 10.4. The lowest BCUT2D eigenvalue weighted by molar-refractivity contribution is 1.12. The van der Waals surface area contributed by atoms with Crippen LogP contribution in [-0.2, 0) is 0 Å². The molecule has 2 aromatic heterocycles. The van der Waals surface area contributed by atoms with Crippen LogP contribution in [0.4, 0.5) is 0 Å². The Labute approximate surface area is 289 Å². The zero-order valence-electron chi connectivity index (χ0n) is 27.2. The lowest BCUT2D eigenvalue weighted by Crippen LogP contribution is -1.98. The van der Waals surface area contributed by atoms with Gasteiger partial charge in [0.15, 0.2) is 0 Å². The number of rotatable bonds is 4. The van der Waals surface area contributed by atoms with E-state index in [0.717, 1.165) is 11.4 Å². The molecular weight excluding hydrogens is 605 g/mol. The minimum atomic E-state index is 1.15. The van der Waals surface area contributed by atoms with Gasteiger partial charge in [0.1, 0.15) is 0 Å². The molecule has 0 saturated heterocycles. The molecule has 0 N–H and O–H groups in total. The van der Waals surface area contributed by atoms with Gasteiger partial charge in [-0.1, -0.05) is 146 Å². The van der Waals surface area contributed by atoms with Crippen molar-refractivity contribution in [1.82, 2.24) is 9.13 Å². The lowest BCUT2D eigenvalue weighted by atomic mass is 9.90.